The van der Waals surface area contributed by atoms with Crippen molar-refractivity contribution < 1.29 is 4.21 Å². The number of benzene rings is 1. The Morgan fingerprint density at radius 3 is 2.75 bits per heavy atom. The molecule has 2 nitrogen and oxygen atoms in total. The van der Waals surface area contributed by atoms with Gasteiger partial charge >= 0.3 is 0 Å². The summed E-state index contributed by atoms with van der Waals surface area (Å²) in [6.07, 6.45) is 2.70. The summed E-state index contributed by atoms with van der Waals surface area (Å²) in [4.78, 5) is 0. The van der Waals surface area contributed by atoms with Crippen LogP contribution in [0.1, 0.15) is 18.9 Å². The predicted molar refractivity (Wildman–Crippen MR) is 74.0 cm³/mol. The summed E-state index contributed by atoms with van der Waals surface area (Å²) in [5.41, 5.74) is 1.26. The molecule has 0 saturated heterocycles. The molecule has 0 aliphatic rings. The normalized spacial score (nSPS) is 14.7. The van der Waals surface area contributed by atoms with Crippen LogP contribution in [-0.2, 0) is 17.3 Å². The molecule has 0 radical (unpaired) electrons. The standard InChI is InChI=1S/C12H18BrNOS/c1-10(7-8-16(2)15)14-9-11-5-3-4-6-12(11)13/h3-6,10,14H,7-9H2,1-2H3. The predicted octanol–water partition coefficient (Wildman–Crippen LogP) is 2.70. The largest absolute Gasteiger partial charge is 0.310 e. The Hall–Kier alpha value is -0.190. The van der Waals surface area contributed by atoms with Crippen molar-refractivity contribution in [1.29, 1.82) is 0 Å². The Bertz CT molecular complexity index is 357. The molecule has 0 heterocycles. The smallest absolute Gasteiger partial charge is 0.0246 e. The highest BCUT2D eigenvalue weighted by Crippen LogP contribution is 2.15. The van der Waals surface area contributed by atoms with E-state index in [1.165, 1.54) is 5.56 Å². The third kappa shape index (κ3) is 5.23. The van der Waals surface area contributed by atoms with Crippen molar-refractivity contribution in [2.24, 2.45) is 0 Å². The van der Waals surface area contributed by atoms with E-state index >= 15 is 0 Å². The molecule has 0 aromatic heterocycles. The molecule has 1 aromatic rings. The molecule has 0 spiro atoms. The SMILES string of the molecule is CC(CCS(C)=O)NCc1ccccc1Br. The third-order valence-electron chi connectivity index (χ3n) is 2.44. The van der Waals surface area contributed by atoms with Gasteiger partial charge in [0.05, 0.1) is 0 Å². The van der Waals surface area contributed by atoms with Gasteiger partial charge in [0.15, 0.2) is 0 Å². The van der Waals surface area contributed by atoms with Crippen LogP contribution in [0, 0.1) is 0 Å². The van der Waals surface area contributed by atoms with Crippen LogP contribution in [0.5, 0.6) is 0 Å². The quantitative estimate of drug-likeness (QED) is 0.875. The second-order valence-electron chi connectivity index (χ2n) is 3.94. The average Bonchev–Trinajstić information content (AvgIpc) is 2.25. The number of nitrogens with one attached hydrogen (secondary N) is 1. The van der Waals surface area contributed by atoms with Crippen LogP contribution in [0.4, 0.5) is 0 Å². The Labute approximate surface area is 108 Å². The van der Waals surface area contributed by atoms with Crippen LogP contribution >= 0.6 is 15.9 Å². The third-order valence-corrected chi connectivity index (χ3v) is 4.02. The zero-order valence-corrected chi connectivity index (χ0v) is 12.1. The van der Waals surface area contributed by atoms with E-state index in [1.807, 2.05) is 18.2 Å². The van der Waals surface area contributed by atoms with E-state index in [1.54, 1.807) is 6.26 Å². The second kappa shape index (κ2) is 7.20. The van der Waals surface area contributed by atoms with E-state index in [0.29, 0.717) is 6.04 Å². The van der Waals surface area contributed by atoms with Gasteiger partial charge in [-0.25, -0.2) is 0 Å². The van der Waals surface area contributed by atoms with Crippen LogP contribution in [-0.4, -0.2) is 22.3 Å². The molecule has 2 unspecified atom stereocenters. The van der Waals surface area contributed by atoms with Gasteiger partial charge in [-0.3, -0.25) is 4.21 Å². The van der Waals surface area contributed by atoms with Gasteiger partial charge < -0.3 is 5.32 Å². The maximum atomic E-state index is 11.0. The van der Waals surface area contributed by atoms with E-state index in [-0.39, 0.29) is 0 Å². The lowest BCUT2D eigenvalue weighted by molar-refractivity contribution is 0.534. The summed E-state index contributed by atoms with van der Waals surface area (Å²) in [5.74, 6) is 0.768. The molecule has 0 saturated carbocycles. The van der Waals surface area contributed by atoms with Gasteiger partial charge in [-0.15, -0.1) is 0 Å². The Morgan fingerprint density at radius 1 is 1.44 bits per heavy atom. The Morgan fingerprint density at radius 2 is 2.12 bits per heavy atom. The first kappa shape index (κ1) is 13.9. The summed E-state index contributed by atoms with van der Waals surface area (Å²) in [7, 11) is -0.688. The maximum Gasteiger partial charge on any atom is 0.0246 e. The van der Waals surface area contributed by atoms with Gasteiger partial charge in [0, 0.05) is 39.9 Å². The molecule has 0 amide bonds. The summed E-state index contributed by atoms with van der Waals surface area (Å²) >= 11 is 3.52. The Kier molecular flexibility index (Phi) is 6.24. The highest BCUT2D eigenvalue weighted by Gasteiger charge is 2.04. The molecule has 0 bridgehead atoms. The van der Waals surface area contributed by atoms with E-state index < -0.39 is 10.8 Å². The summed E-state index contributed by atoms with van der Waals surface area (Å²) in [6.45, 7) is 2.97. The lowest BCUT2D eigenvalue weighted by Gasteiger charge is -2.13. The van der Waals surface area contributed by atoms with E-state index in [9.17, 15) is 4.21 Å². The summed E-state index contributed by atoms with van der Waals surface area (Å²) in [5, 5.41) is 3.43. The Balaban J connectivity index is 2.34. The van der Waals surface area contributed by atoms with Crippen molar-refractivity contribution in [3.8, 4) is 0 Å². The molecule has 1 aromatic carbocycles. The van der Waals surface area contributed by atoms with E-state index in [2.05, 4.69) is 34.2 Å². The van der Waals surface area contributed by atoms with Crippen LogP contribution in [0.15, 0.2) is 28.7 Å². The number of hydrogen-bond donors (Lipinski definition) is 1. The van der Waals surface area contributed by atoms with Crippen LogP contribution in [0.3, 0.4) is 0 Å². The van der Waals surface area contributed by atoms with Gasteiger partial charge in [0.2, 0.25) is 0 Å². The number of rotatable bonds is 6. The molecule has 1 N–H and O–H groups in total. The molecular formula is C12H18BrNOS. The van der Waals surface area contributed by atoms with Crippen LogP contribution < -0.4 is 5.32 Å². The van der Waals surface area contributed by atoms with E-state index in [0.717, 1.165) is 23.2 Å². The summed E-state index contributed by atoms with van der Waals surface area (Å²) in [6, 6.07) is 8.59. The molecule has 4 heteroatoms. The minimum absolute atomic E-state index is 0.399. The molecule has 16 heavy (non-hydrogen) atoms. The minimum atomic E-state index is -0.688. The number of halogens is 1. The van der Waals surface area contributed by atoms with Gasteiger partial charge in [0.1, 0.15) is 0 Å². The monoisotopic (exact) mass is 303 g/mol. The zero-order valence-electron chi connectivity index (χ0n) is 9.70. The van der Waals surface area contributed by atoms with Crippen molar-refractivity contribution in [3.05, 3.63) is 34.3 Å². The fourth-order valence-corrected chi connectivity index (χ4v) is 2.48. The molecule has 2 atom stereocenters. The first-order valence-corrected chi connectivity index (χ1v) is 7.88. The highest BCUT2D eigenvalue weighted by molar-refractivity contribution is 9.10. The minimum Gasteiger partial charge on any atom is -0.310 e. The van der Waals surface area contributed by atoms with E-state index in [4.69, 9.17) is 0 Å². The lowest BCUT2D eigenvalue weighted by atomic mass is 10.2. The van der Waals surface area contributed by atoms with Crippen LogP contribution in [0.2, 0.25) is 0 Å². The molecule has 0 aliphatic carbocycles. The molecule has 90 valence electrons. The van der Waals surface area contributed by atoms with Crippen molar-refractivity contribution in [2.45, 2.75) is 25.9 Å². The second-order valence-corrected chi connectivity index (χ2v) is 6.35. The summed E-state index contributed by atoms with van der Waals surface area (Å²) < 4.78 is 12.1. The number of hydrogen-bond acceptors (Lipinski definition) is 2. The van der Waals surface area contributed by atoms with Gasteiger partial charge in [-0.1, -0.05) is 34.1 Å². The van der Waals surface area contributed by atoms with Crippen molar-refractivity contribution in [3.63, 3.8) is 0 Å². The molecule has 1 rings (SSSR count). The van der Waals surface area contributed by atoms with Gasteiger partial charge in [-0.05, 0) is 25.0 Å². The first-order valence-electron chi connectivity index (χ1n) is 5.36. The van der Waals surface area contributed by atoms with Gasteiger partial charge in [-0.2, -0.15) is 0 Å². The fraction of sp³-hybridized carbons (Fsp3) is 0.500. The van der Waals surface area contributed by atoms with Crippen molar-refractivity contribution in [1.82, 2.24) is 5.32 Å². The fourth-order valence-electron chi connectivity index (χ4n) is 1.37. The average molecular weight is 304 g/mol. The zero-order chi connectivity index (χ0) is 12.0. The van der Waals surface area contributed by atoms with Crippen LogP contribution in [0.25, 0.3) is 0 Å². The van der Waals surface area contributed by atoms with Gasteiger partial charge in [0.25, 0.3) is 0 Å². The molecule has 0 aliphatic heterocycles. The topological polar surface area (TPSA) is 29.1 Å². The van der Waals surface area contributed by atoms with Crippen molar-refractivity contribution >= 4 is 26.7 Å². The molecule has 0 fully saturated rings. The maximum absolute atomic E-state index is 11.0. The molecular weight excluding hydrogens is 286 g/mol. The van der Waals surface area contributed by atoms with Crippen molar-refractivity contribution in [2.75, 3.05) is 12.0 Å². The highest BCUT2D eigenvalue weighted by atomic mass is 79.9. The first-order chi connectivity index (χ1) is 7.59. The lowest BCUT2D eigenvalue weighted by Crippen LogP contribution is -2.27.